The van der Waals surface area contributed by atoms with E-state index in [4.69, 9.17) is 5.11 Å². The lowest BCUT2D eigenvalue weighted by Gasteiger charge is -2.19. The van der Waals surface area contributed by atoms with Crippen molar-refractivity contribution in [2.45, 2.75) is 26.4 Å². The van der Waals surface area contributed by atoms with Crippen LogP contribution in [0, 0.1) is 5.92 Å². The van der Waals surface area contributed by atoms with Crippen LogP contribution < -0.4 is 5.32 Å². The highest BCUT2D eigenvalue weighted by Gasteiger charge is 2.10. The Kier molecular flexibility index (Phi) is 4.35. The van der Waals surface area contributed by atoms with Crippen molar-refractivity contribution in [3.05, 3.63) is 16.6 Å². The third kappa shape index (κ3) is 3.42. The molecule has 0 aliphatic heterocycles. The molecule has 2 N–H and O–H groups in total. The van der Waals surface area contributed by atoms with E-state index in [9.17, 15) is 0 Å². The summed E-state index contributed by atoms with van der Waals surface area (Å²) < 4.78 is 0. The van der Waals surface area contributed by atoms with Crippen LogP contribution in [0.15, 0.2) is 11.7 Å². The molecule has 0 saturated heterocycles. The molecular formula is C9H16N2OS. The van der Waals surface area contributed by atoms with Crippen LogP contribution >= 0.6 is 11.3 Å². The van der Waals surface area contributed by atoms with Gasteiger partial charge in [0.25, 0.3) is 0 Å². The summed E-state index contributed by atoms with van der Waals surface area (Å²) in [7, 11) is 0. The molecule has 1 atom stereocenters. The van der Waals surface area contributed by atoms with E-state index in [2.05, 4.69) is 24.1 Å². The molecule has 1 unspecified atom stereocenters. The van der Waals surface area contributed by atoms with Crippen molar-refractivity contribution in [3.63, 3.8) is 0 Å². The van der Waals surface area contributed by atoms with Gasteiger partial charge in [-0.3, -0.25) is 4.98 Å². The first-order valence-corrected chi connectivity index (χ1v) is 5.33. The Labute approximate surface area is 82.8 Å². The lowest BCUT2D eigenvalue weighted by molar-refractivity contribution is 0.210. The number of thiazole rings is 1. The van der Waals surface area contributed by atoms with Crippen LogP contribution in [-0.2, 0) is 6.54 Å². The minimum absolute atomic E-state index is 0.182. The Hall–Kier alpha value is -0.450. The number of aliphatic hydroxyl groups is 1. The molecule has 1 rings (SSSR count). The molecule has 1 aromatic rings. The number of nitrogens with zero attached hydrogens (tertiary/aromatic N) is 1. The van der Waals surface area contributed by atoms with Gasteiger partial charge in [-0.05, 0) is 5.92 Å². The van der Waals surface area contributed by atoms with Gasteiger partial charge in [0.1, 0.15) is 0 Å². The van der Waals surface area contributed by atoms with Crippen LogP contribution in [0.3, 0.4) is 0 Å². The van der Waals surface area contributed by atoms with Gasteiger partial charge in [0, 0.05) is 23.7 Å². The van der Waals surface area contributed by atoms with Gasteiger partial charge in [-0.2, -0.15) is 0 Å². The van der Waals surface area contributed by atoms with E-state index in [0.717, 1.165) is 6.54 Å². The zero-order chi connectivity index (χ0) is 9.68. The van der Waals surface area contributed by atoms with E-state index in [0.29, 0.717) is 5.92 Å². The summed E-state index contributed by atoms with van der Waals surface area (Å²) in [5.41, 5.74) is 1.82. The van der Waals surface area contributed by atoms with Gasteiger partial charge in [-0.15, -0.1) is 11.3 Å². The molecule has 0 radical (unpaired) electrons. The summed E-state index contributed by atoms with van der Waals surface area (Å²) in [6.45, 7) is 5.19. The number of aromatic nitrogens is 1. The summed E-state index contributed by atoms with van der Waals surface area (Å²) in [6, 6.07) is 0.182. The summed E-state index contributed by atoms with van der Waals surface area (Å²) in [6.07, 6.45) is 1.85. The topological polar surface area (TPSA) is 45.1 Å². The van der Waals surface area contributed by atoms with Gasteiger partial charge in [-0.1, -0.05) is 13.8 Å². The zero-order valence-corrected chi connectivity index (χ0v) is 8.84. The highest BCUT2D eigenvalue weighted by molar-refractivity contribution is 7.09. The fraction of sp³-hybridized carbons (Fsp3) is 0.667. The Bertz CT molecular complexity index is 224. The molecule has 13 heavy (non-hydrogen) atoms. The fourth-order valence-electron chi connectivity index (χ4n) is 1.07. The standard InChI is InChI=1S/C9H16N2OS/c1-7(2)9(5-12)11-4-8-3-10-6-13-8/h3,6-7,9,11-12H,4-5H2,1-2H3. The second-order valence-electron chi connectivity index (χ2n) is 3.38. The number of aliphatic hydroxyl groups excluding tert-OH is 1. The van der Waals surface area contributed by atoms with Crippen LogP contribution in [-0.4, -0.2) is 22.7 Å². The molecule has 4 heteroatoms. The first-order chi connectivity index (χ1) is 6.24. The van der Waals surface area contributed by atoms with Gasteiger partial charge in [0.2, 0.25) is 0 Å². The van der Waals surface area contributed by atoms with E-state index < -0.39 is 0 Å². The van der Waals surface area contributed by atoms with Crippen molar-refractivity contribution >= 4 is 11.3 Å². The summed E-state index contributed by atoms with van der Waals surface area (Å²) in [4.78, 5) is 5.19. The highest BCUT2D eigenvalue weighted by Crippen LogP contribution is 2.07. The first-order valence-electron chi connectivity index (χ1n) is 4.45. The highest BCUT2D eigenvalue weighted by atomic mass is 32.1. The average Bonchev–Trinajstić information content (AvgIpc) is 2.57. The van der Waals surface area contributed by atoms with Crippen LogP contribution in [0.4, 0.5) is 0 Å². The second kappa shape index (κ2) is 5.32. The molecule has 0 aliphatic rings. The molecular weight excluding hydrogens is 184 g/mol. The van der Waals surface area contributed by atoms with Gasteiger partial charge < -0.3 is 10.4 Å². The van der Waals surface area contributed by atoms with Crippen LogP contribution in [0.5, 0.6) is 0 Å². The van der Waals surface area contributed by atoms with Crippen molar-refractivity contribution < 1.29 is 5.11 Å². The largest absolute Gasteiger partial charge is 0.395 e. The lowest BCUT2D eigenvalue weighted by Crippen LogP contribution is -2.36. The number of nitrogens with one attached hydrogen (secondary N) is 1. The molecule has 1 aromatic heterocycles. The molecule has 0 saturated carbocycles. The molecule has 0 aliphatic carbocycles. The van der Waals surface area contributed by atoms with Crippen molar-refractivity contribution in [2.24, 2.45) is 5.92 Å². The summed E-state index contributed by atoms with van der Waals surface area (Å²) >= 11 is 1.63. The monoisotopic (exact) mass is 200 g/mol. The normalized spacial score (nSPS) is 13.5. The number of hydrogen-bond donors (Lipinski definition) is 2. The van der Waals surface area contributed by atoms with Crippen molar-refractivity contribution in [1.82, 2.24) is 10.3 Å². The SMILES string of the molecule is CC(C)C(CO)NCc1cncs1. The van der Waals surface area contributed by atoms with E-state index >= 15 is 0 Å². The van der Waals surface area contributed by atoms with Gasteiger partial charge in [0.05, 0.1) is 12.1 Å². The minimum Gasteiger partial charge on any atom is -0.395 e. The third-order valence-corrected chi connectivity index (χ3v) is 2.80. The Morgan fingerprint density at radius 1 is 1.62 bits per heavy atom. The van der Waals surface area contributed by atoms with E-state index in [1.54, 1.807) is 11.3 Å². The van der Waals surface area contributed by atoms with Gasteiger partial charge in [0.15, 0.2) is 0 Å². The molecule has 74 valence electrons. The van der Waals surface area contributed by atoms with Crippen molar-refractivity contribution in [1.29, 1.82) is 0 Å². The lowest BCUT2D eigenvalue weighted by atomic mass is 10.1. The predicted octanol–water partition coefficient (Wildman–Crippen LogP) is 1.25. The fourth-order valence-corrected chi connectivity index (χ4v) is 1.62. The maximum absolute atomic E-state index is 9.05. The molecule has 3 nitrogen and oxygen atoms in total. The van der Waals surface area contributed by atoms with Gasteiger partial charge in [-0.25, -0.2) is 0 Å². The minimum atomic E-state index is 0.182. The average molecular weight is 200 g/mol. The smallest absolute Gasteiger partial charge is 0.0794 e. The zero-order valence-electron chi connectivity index (χ0n) is 8.03. The first kappa shape index (κ1) is 10.6. The van der Waals surface area contributed by atoms with Crippen molar-refractivity contribution in [3.8, 4) is 0 Å². The Morgan fingerprint density at radius 2 is 2.38 bits per heavy atom. The van der Waals surface area contributed by atoms with Crippen molar-refractivity contribution in [2.75, 3.05) is 6.61 Å². The molecule has 0 spiro atoms. The molecule has 0 bridgehead atoms. The third-order valence-electron chi connectivity index (χ3n) is 2.02. The molecule has 0 aromatic carbocycles. The maximum atomic E-state index is 9.05. The number of rotatable bonds is 5. The van der Waals surface area contributed by atoms with Gasteiger partial charge >= 0.3 is 0 Å². The number of hydrogen-bond acceptors (Lipinski definition) is 4. The quantitative estimate of drug-likeness (QED) is 0.752. The molecule has 0 fully saturated rings. The summed E-state index contributed by atoms with van der Waals surface area (Å²) in [5, 5.41) is 12.3. The Balaban J connectivity index is 2.32. The van der Waals surface area contributed by atoms with Crippen LogP contribution in [0.2, 0.25) is 0 Å². The summed E-state index contributed by atoms with van der Waals surface area (Å²) in [5.74, 6) is 0.456. The second-order valence-corrected chi connectivity index (χ2v) is 4.35. The molecule has 0 amide bonds. The van der Waals surface area contributed by atoms with Crippen LogP contribution in [0.25, 0.3) is 0 Å². The predicted molar refractivity (Wildman–Crippen MR) is 54.7 cm³/mol. The Morgan fingerprint density at radius 3 is 2.85 bits per heavy atom. The van der Waals surface area contributed by atoms with E-state index in [-0.39, 0.29) is 12.6 Å². The van der Waals surface area contributed by atoms with E-state index in [1.807, 2.05) is 11.7 Å². The molecule has 1 heterocycles. The maximum Gasteiger partial charge on any atom is 0.0794 e. The van der Waals surface area contributed by atoms with Crippen LogP contribution in [0.1, 0.15) is 18.7 Å². The van der Waals surface area contributed by atoms with E-state index in [1.165, 1.54) is 4.88 Å².